The van der Waals surface area contributed by atoms with Gasteiger partial charge < -0.3 is 10.1 Å². The Bertz CT molecular complexity index is 819. The van der Waals surface area contributed by atoms with E-state index in [1.54, 1.807) is 7.11 Å². The summed E-state index contributed by atoms with van der Waals surface area (Å²) in [6, 6.07) is 10.3. The van der Waals surface area contributed by atoms with Gasteiger partial charge in [-0.05, 0) is 49.6 Å². The summed E-state index contributed by atoms with van der Waals surface area (Å²) >= 11 is 3.60. The van der Waals surface area contributed by atoms with Crippen molar-refractivity contribution in [3.8, 4) is 5.75 Å². The zero-order valence-corrected chi connectivity index (χ0v) is 16.7. The molecule has 4 rings (SSSR count). The second kappa shape index (κ2) is 7.57. The van der Waals surface area contributed by atoms with Crippen LogP contribution >= 0.6 is 15.9 Å². The highest BCUT2D eigenvalue weighted by atomic mass is 79.9. The number of benzene rings is 2. The Balaban J connectivity index is 1.50. The molecule has 1 N–H and O–H groups in total. The highest BCUT2D eigenvalue weighted by molar-refractivity contribution is 9.10. The molecule has 5 heteroatoms. The molecule has 138 valence electrons. The van der Waals surface area contributed by atoms with E-state index >= 15 is 0 Å². The topological polar surface area (TPSA) is 41.6 Å². The molecule has 4 nitrogen and oxygen atoms in total. The molecule has 0 bridgehead atoms. The molecule has 1 atom stereocenters. The molecular weight excluding hydrogens is 392 g/mol. The van der Waals surface area contributed by atoms with Gasteiger partial charge in [-0.25, -0.2) is 0 Å². The largest absolute Gasteiger partial charge is 0.495 e. The molecule has 1 amide bonds. The minimum atomic E-state index is -0.0634. The minimum Gasteiger partial charge on any atom is -0.495 e. The molecule has 2 fully saturated rings. The highest BCUT2D eigenvalue weighted by Crippen LogP contribution is 2.35. The van der Waals surface area contributed by atoms with Gasteiger partial charge in [-0.1, -0.05) is 40.2 Å². The molecule has 1 unspecified atom stereocenters. The van der Waals surface area contributed by atoms with Crippen LogP contribution in [-0.2, 0) is 0 Å². The van der Waals surface area contributed by atoms with E-state index in [9.17, 15) is 4.79 Å². The number of rotatable bonds is 6. The zero-order valence-electron chi connectivity index (χ0n) is 15.1. The molecule has 0 radical (unpaired) electrons. The number of nitrogens with one attached hydrogen (secondary N) is 1. The Labute approximate surface area is 163 Å². The number of halogens is 1. The summed E-state index contributed by atoms with van der Waals surface area (Å²) in [5.74, 6) is 1.47. The van der Waals surface area contributed by atoms with Gasteiger partial charge in [-0.2, -0.15) is 0 Å². The Kier molecular flexibility index (Phi) is 5.18. The first-order valence-electron chi connectivity index (χ1n) is 9.45. The molecule has 2 aromatic carbocycles. The Hall–Kier alpha value is -1.59. The lowest BCUT2D eigenvalue weighted by atomic mass is 10.0. The third-order valence-electron chi connectivity index (χ3n) is 5.58. The van der Waals surface area contributed by atoms with Crippen molar-refractivity contribution in [3.63, 3.8) is 0 Å². The average molecular weight is 417 g/mol. The monoisotopic (exact) mass is 416 g/mol. The van der Waals surface area contributed by atoms with Gasteiger partial charge in [0.25, 0.3) is 5.91 Å². The normalized spacial score (nSPS) is 20.5. The van der Waals surface area contributed by atoms with Gasteiger partial charge in [0.2, 0.25) is 0 Å². The van der Waals surface area contributed by atoms with Crippen LogP contribution in [0.3, 0.4) is 0 Å². The molecule has 1 heterocycles. The lowest BCUT2D eigenvalue weighted by molar-refractivity contribution is 0.0937. The number of nitrogens with zero attached hydrogens (tertiary/aromatic N) is 1. The van der Waals surface area contributed by atoms with Crippen molar-refractivity contribution in [3.05, 3.63) is 40.4 Å². The predicted octanol–water partition coefficient (Wildman–Crippen LogP) is 4.22. The van der Waals surface area contributed by atoms with Gasteiger partial charge in [0.15, 0.2) is 0 Å². The molecule has 2 aliphatic rings. The van der Waals surface area contributed by atoms with Crippen LogP contribution in [0.4, 0.5) is 0 Å². The lowest BCUT2D eigenvalue weighted by Crippen LogP contribution is -2.41. The van der Waals surface area contributed by atoms with E-state index in [1.807, 2.05) is 30.3 Å². The van der Waals surface area contributed by atoms with Crippen LogP contribution in [0.5, 0.6) is 5.75 Å². The van der Waals surface area contributed by atoms with Gasteiger partial charge in [0, 0.05) is 29.0 Å². The maximum Gasteiger partial charge on any atom is 0.255 e. The maximum absolute atomic E-state index is 12.9. The van der Waals surface area contributed by atoms with Crippen LogP contribution in [0.1, 0.15) is 36.0 Å². The van der Waals surface area contributed by atoms with Gasteiger partial charge >= 0.3 is 0 Å². The standard InChI is InChI=1S/C21H25BrN2O2/c1-26-20-17-7-3-2-6-16(17)19(22)11-18(20)21(25)23-12-15-5-4-10-24(15)13-14-8-9-14/h2-3,6-7,11,14-15H,4-5,8-10,12-13H2,1H3,(H,23,25). The first-order valence-corrected chi connectivity index (χ1v) is 10.2. The molecule has 1 aliphatic carbocycles. The second-order valence-corrected chi connectivity index (χ2v) is 8.28. The van der Waals surface area contributed by atoms with Gasteiger partial charge in [-0.15, -0.1) is 0 Å². The summed E-state index contributed by atoms with van der Waals surface area (Å²) in [4.78, 5) is 15.4. The van der Waals surface area contributed by atoms with E-state index in [2.05, 4.69) is 26.1 Å². The number of likely N-dealkylation sites (tertiary alicyclic amines) is 1. The molecule has 1 saturated heterocycles. The quantitative estimate of drug-likeness (QED) is 0.766. The van der Waals surface area contributed by atoms with E-state index in [1.165, 1.54) is 38.8 Å². The number of amides is 1. The van der Waals surface area contributed by atoms with Gasteiger partial charge in [0.05, 0.1) is 12.7 Å². The second-order valence-electron chi connectivity index (χ2n) is 7.43. The van der Waals surface area contributed by atoms with E-state index in [0.717, 1.165) is 21.2 Å². The number of hydrogen-bond donors (Lipinski definition) is 1. The summed E-state index contributed by atoms with van der Waals surface area (Å²) in [6.45, 7) is 3.08. The summed E-state index contributed by atoms with van der Waals surface area (Å²) in [6.07, 6.45) is 5.15. The highest BCUT2D eigenvalue weighted by Gasteiger charge is 2.31. The number of carbonyl (C=O) groups is 1. The zero-order chi connectivity index (χ0) is 18.1. The minimum absolute atomic E-state index is 0.0634. The first-order chi connectivity index (χ1) is 12.7. The van der Waals surface area contributed by atoms with Gasteiger partial charge in [0.1, 0.15) is 5.75 Å². The summed E-state index contributed by atoms with van der Waals surface area (Å²) < 4.78 is 6.51. The first kappa shape index (κ1) is 17.8. The molecule has 1 aliphatic heterocycles. The van der Waals surface area contributed by atoms with Gasteiger partial charge in [-0.3, -0.25) is 9.69 Å². The smallest absolute Gasteiger partial charge is 0.255 e. The number of fused-ring (bicyclic) bond motifs is 1. The lowest BCUT2D eigenvalue weighted by Gasteiger charge is -2.24. The Morgan fingerprint density at radius 2 is 2.04 bits per heavy atom. The predicted molar refractivity (Wildman–Crippen MR) is 108 cm³/mol. The van der Waals surface area contributed by atoms with Crippen LogP contribution < -0.4 is 10.1 Å². The van der Waals surface area contributed by atoms with Crippen molar-refractivity contribution >= 4 is 32.6 Å². The SMILES string of the molecule is COc1c(C(=O)NCC2CCCN2CC2CC2)cc(Br)c2ccccc12. The fourth-order valence-electron chi connectivity index (χ4n) is 4.00. The molecule has 2 aromatic rings. The van der Waals surface area contributed by atoms with Crippen molar-refractivity contribution < 1.29 is 9.53 Å². The molecule has 1 saturated carbocycles. The maximum atomic E-state index is 12.9. The van der Waals surface area contributed by atoms with Crippen LogP contribution in [0.15, 0.2) is 34.8 Å². The van der Waals surface area contributed by atoms with Crippen molar-refractivity contribution in [2.24, 2.45) is 5.92 Å². The van der Waals surface area contributed by atoms with Crippen LogP contribution in [0, 0.1) is 5.92 Å². The van der Waals surface area contributed by atoms with Crippen molar-refractivity contribution in [2.75, 3.05) is 26.7 Å². The van der Waals surface area contributed by atoms with Crippen LogP contribution in [0.25, 0.3) is 10.8 Å². The third-order valence-corrected chi connectivity index (χ3v) is 6.24. The summed E-state index contributed by atoms with van der Waals surface area (Å²) in [5, 5.41) is 5.15. The Morgan fingerprint density at radius 3 is 2.77 bits per heavy atom. The van der Waals surface area contributed by atoms with Crippen molar-refractivity contribution in [1.29, 1.82) is 0 Å². The van der Waals surface area contributed by atoms with Crippen molar-refractivity contribution in [2.45, 2.75) is 31.7 Å². The van der Waals surface area contributed by atoms with Crippen molar-refractivity contribution in [1.82, 2.24) is 10.2 Å². The van der Waals surface area contributed by atoms with E-state index in [4.69, 9.17) is 4.74 Å². The molecular formula is C21H25BrN2O2. The molecule has 26 heavy (non-hydrogen) atoms. The number of ether oxygens (including phenoxy) is 1. The average Bonchev–Trinajstić information content (AvgIpc) is 3.36. The fourth-order valence-corrected chi connectivity index (χ4v) is 4.57. The van der Waals surface area contributed by atoms with E-state index in [0.29, 0.717) is 23.9 Å². The Morgan fingerprint density at radius 1 is 1.27 bits per heavy atom. The number of methoxy groups -OCH3 is 1. The van der Waals surface area contributed by atoms with Crippen LogP contribution in [0.2, 0.25) is 0 Å². The third kappa shape index (κ3) is 3.60. The summed E-state index contributed by atoms with van der Waals surface area (Å²) in [7, 11) is 1.63. The van der Waals surface area contributed by atoms with Crippen LogP contribution in [-0.4, -0.2) is 43.6 Å². The number of hydrogen-bond acceptors (Lipinski definition) is 3. The molecule has 0 spiro atoms. The number of carbonyl (C=O) groups excluding carboxylic acids is 1. The fraction of sp³-hybridized carbons (Fsp3) is 0.476. The van der Waals surface area contributed by atoms with E-state index in [-0.39, 0.29) is 5.91 Å². The summed E-state index contributed by atoms with van der Waals surface area (Å²) in [5.41, 5.74) is 0.588. The van der Waals surface area contributed by atoms with E-state index < -0.39 is 0 Å². The molecule has 0 aromatic heterocycles.